The van der Waals surface area contributed by atoms with Crippen LogP contribution in [0.3, 0.4) is 0 Å². The van der Waals surface area contributed by atoms with E-state index in [2.05, 4.69) is 30.6 Å². The van der Waals surface area contributed by atoms with Crippen LogP contribution in [0.2, 0.25) is 0 Å². The van der Waals surface area contributed by atoms with Gasteiger partial charge in [0.15, 0.2) is 0 Å². The van der Waals surface area contributed by atoms with Crippen LogP contribution >= 0.6 is 0 Å². The number of likely N-dealkylation sites (tertiary alicyclic amines) is 1. The van der Waals surface area contributed by atoms with E-state index < -0.39 is 9.84 Å². The quantitative estimate of drug-likeness (QED) is 0.737. The van der Waals surface area contributed by atoms with Gasteiger partial charge in [-0.1, -0.05) is 0 Å². The highest BCUT2D eigenvalue weighted by Gasteiger charge is 2.39. The lowest BCUT2D eigenvalue weighted by Crippen LogP contribution is -2.65. The van der Waals surface area contributed by atoms with Crippen LogP contribution in [0.25, 0.3) is 0 Å². The van der Waals surface area contributed by atoms with Crippen molar-refractivity contribution in [2.24, 2.45) is 5.92 Å². The van der Waals surface area contributed by atoms with E-state index in [4.69, 9.17) is 0 Å². The Morgan fingerprint density at radius 3 is 2.21 bits per heavy atom. The zero-order chi connectivity index (χ0) is 14.3. The van der Waals surface area contributed by atoms with E-state index in [1.54, 1.807) is 0 Å². The maximum atomic E-state index is 11.4. The van der Waals surface area contributed by atoms with E-state index in [0.717, 1.165) is 25.6 Å². The third-order valence-corrected chi connectivity index (χ3v) is 5.19. The van der Waals surface area contributed by atoms with Crippen LogP contribution < -0.4 is 0 Å². The lowest BCUT2D eigenvalue weighted by molar-refractivity contribution is -0.0215. The minimum absolute atomic E-state index is 0.235. The number of sulfone groups is 1. The molecule has 0 amide bonds. The molecule has 0 aromatic heterocycles. The van der Waals surface area contributed by atoms with Gasteiger partial charge in [-0.15, -0.1) is 0 Å². The predicted molar refractivity (Wildman–Crippen MR) is 79.1 cm³/mol. The molecule has 19 heavy (non-hydrogen) atoms. The smallest absolute Gasteiger partial charge is 0.148 e. The van der Waals surface area contributed by atoms with Gasteiger partial charge in [0.05, 0.1) is 5.75 Å². The third kappa shape index (κ3) is 4.72. The van der Waals surface area contributed by atoms with E-state index in [0.29, 0.717) is 18.3 Å². The molecule has 112 valence electrons. The first-order valence-corrected chi connectivity index (χ1v) is 9.38. The van der Waals surface area contributed by atoms with Gasteiger partial charge >= 0.3 is 0 Å². The maximum absolute atomic E-state index is 11.4. The van der Waals surface area contributed by atoms with Crippen molar-refractivity contribution >= 4 is 9.84 Å². The van der Waals surface area contributed by atoms with Crippen molar-refractivity contribution in [1.29, 1.82) is 0 Å². The van der Waals surface area contributed by atoms with E-state index >= 15 is 0 Å². The Balaban J connectivity index is 1.85. The van der Waals surface area contributed by atoms with Gasteiger partial charge in [0.25, 0.3) is 0 Å². The summed E-state index contributed by atoms with van der Waals surface area (Å²) in [5.41, 5.74) is 0.235. The number of hydrogen-bond acceptors (Lipinski definition) is 4. The van der Waals surface area contributed by atoms with E-state index in [-0.39, 0.29) is 5.54 Å². The molecule has 0 atom stereocenters. The minimum atomic E-state index is -2.85. The van der Waals surface area contributed by atoms with Gasteiger partial charge in [-0.25, -0.2) is 8.42 Å². The Hall–Kier alpha value is -0.130. The van der Waals surface area contributed by atoms with Gasteiger partial charge in [-0.2, -0.15) is 0 Å². The van der Waals surface area contributed by atoms with Gasteiger partial charge in [0, 0.05) is 44.0 Å². The van der Waals surface area contributed by atoms with Crippen LogP contribution in [0.5, 0.6) is 0 Å². The predicted octanol–water partition coefficient (Wildman–Crippen LogP) is 1.23. The van der Waals surface area contributed by atoms with E-state index in [1.807, 2.05) is 0 Å². The Morgan fingerprint density at radius 1 is 1.21 bits per heavy atom. The summed E-state index contributed by atoms with van der Waals surface area (Å²) in [7, 11) is -2.85. The SMILES string of the molecule is CC(C)(C)N1CC(N(CCS(C)(=O)=O)CC2CC2)C1. The number of nitrogens with zero attached hydrogens (tertiary/aromatic N) is 2. The van der Waals surface area contributed by atoms with Gasteiger partial charge in [0.1, 0.15) is 9.84 Å². The van der Waals surface area contributed by atoms with Crippen molar-refractivity contribution in [3.8, 4) is 0 Å². The van der Waals surface area contributed by atoms with E-state index in [9.17, 15) is 8.42 Å². The molecule has 0 N–H and O–H groups in total. The summed E-state index contributed by atoms with van der Waals surface area (Å²) < 4.78 is 22.7. The molecule has 0 spiro atoms. The summed E-state index contributed by atoms with van der Waals surface area (Å²) in [5, 5.41) is 0. The van der Waals surface area contributed by atoms with Crippen molar-refractivity contribution in [3.05, 3.63) is 0 Å². The molecule has 1 aliphatic carbocycles. The molecule has 1 saturated heterocycles. The summed E-state index contributed by atoms with van der Waals surface area (Å²) in [5.74, 6) is 1.12. The zero-order valence-electron chi connectivity index (χ0n) is 12.7. The highest BCUT2D eigenvalue weighted by Crippen LogP contribution is 2.32. The summed E-state index contributed by atoms with van der Waals surface area (Å²) in [6.07, 6.45) is 3.99. The molecular formula is C14H28N2O2S. The first kappa shape index (κ1) is 15.3. The van der Waals surface area contributed by atoms with Crippen LogP contribution in [0.15, 0.2) is 0 Å². The van der Waals surface area contributed by atoms with Crippen LogP contribution in [-0.4, -0.2) is 68.0 Å². The molecule has 4 nitrogen and oxygen atoms in total. The van der Waals surface area contributed by atoms with Gasteiger partial charge in [-0.05, 0) is 39.5 Å². The second kappa shape index (κ2) is 5.34. The van der Waals surface area contributed by atoms with Crippen molar-refractivity contribution < 1.29 is 8.42 Å². The summed E-state index contributed by atoms with van der Waals surface area (Å²) in [6.45, 7) is 10.7. The molecule has 0 unspecified atom stereocenters. The molecule has 1 heterocycles. The Bertz CT molecular complexity index is 404. The van der Waals surface area contributed by atoms with E-state index in [1.165, 1.54) is 19.1 Å². The topological polar surface area (TPSA) is 40.6 Å². The lowest BCUT2D eigenvalue weighted by atomic mass is 9.96. The second-order valence-corrected chi connectivity index (χ2v) is 9.56. The van der Waals surface area contributed by atoms with Crippen LogP contribution in [0, 0.1) is 5.92 Å². The third-order valence-electron chi connectivity index (χ3n) is 4.27. The molecule has 1 saturated carbocycles. The lowest BCUT2D eigenvalue weighted by Gasteiger charge is -2.51. The molecule has 0 bridgehead atoms. The highest BCUT2D eigenvalue weighted by molar-refractivity contribution is 7.90. The molecule has 2 aliphatic rings. The van der Waals surface area contributed by atoms with Crippen molar-refractivity contribution in [1.82, 2.24) is 9.80 Å². The minimum Gasteiger partial charge on any atom is -0.297 e. The largest absolute Gasteiger partial charge is 0.297 e. The average molecular weight is 288 g/mol. The second-order valence-electron chi connectivity index (χ2n) is 7.30. The van der Waals surface area contributed by atoms with Gasteiger partial charge in [0.2, 0.25) is 0 Å². The zero-order valence-corrected chi connectivity index (χ0v) is 13.5. The average Bonchev–Trinajstić information content (AvgIpc) is 2.91. The molecule has 2 fully saturated rings. The molecule has 1 aliphatic heterocycles. The van der Waals surface area contributed by atoms with Crippen molar-refractivity contribution in [2.75, 3.05) is 38.2 Å². The fourth-order valence-corrected chi connectivity index (χ4v) is 3.14. The van der Waals surface area contributed by atoms with Crippen LogP contribution in [0.1, 0.15) is 33.6 Å². The standard InChI is InChI=1S/C14H28N2O2S/c1-14(2,3)16-10-13(11-16)15(9-12-5-6-12)7-8-19(4,17)18/h12-13H,5-11H2,1-4H3. The Labute approximate surface area is 118 Å². The molecule has 0 aromatic carbocycles. The summed E-state index contributed by atoms with van der Waals surface area (Å²) in [6, 6.07) is 0.557. The maximum Gasteiger partial charge on any atom is 0.148 e. The van der Waals surface area contributed by atoms with Crippen LogP contribution in [-0.2, 0) is 9.84 Å². The fourth-order valence-electron chi connectivity index (χ4n) is 2.57. The van der Waals surface area contributed by atoms with Crippen molar-refractivity contribution in [3.63, 3.8) is 0 Å². The van der Waals surface area contributed by atoms with Crippen molar-refractivity contribution in [2.45, 2.75) is 45.2 Å². The Morgan fingerprint density at radius 2 is 1.79 bits per heavy atom. The fraction of sp³-hybridized carbons (Fsp3) is 1.00. The number of rotatable bonds is 6. The normalized spacial score (nSPS) is 22.8. The molecule has 0 radical (unpaired) electrons. The Kier molecular flexibility index (Phi) is 4.29. The highest BCUT2D eigenvalue weighted by atomic mass is 32.2. The first-order chi connectivity index (χ1) is 8.65. The number of hydrogen-bond donors (Lipinski definition) is 0. The molecule has 0 aromatic rings. The first-order valence-electron chi connectivity index (χ1n) is 7.32. The molecular weight excluding hydrogens is 260 g/mol. The molecule has 2 rings (SSSR count). The molecule has 5 heteroatoms. The summed E-state index contributed by atoms with van der Waals surface area (Å²) >= 11 is 0. The van der Waals surface area contributed by atoms with Crippen LogP contribution in [0.4, 0.5) is 0 Å². The monoisotopic (exact) mass is 288 g/mol. The van der Waals surface area contributed by atoms with Gasteiger partial charge < -0.3 is 0 Å². The van der Waals surface area contributed by atoms with Gasteiger partial charge in [-0.3, -0.25) is 9.80 Å². The summed E-state index contributed by atoms with van der Waals surface area (Å²) in [4.78, 5) is 4.89.